The lowest BCUT2D eigenvalue weighted by atomic mass is 10.7. The van der Waals surface area contributed by atoms with Crippen LogP contribution in [0.25, 0.3) is 0 Å². The summed E-state index contributed by atoms with van der Waals surface area (Å²) in [6, 6.07) is 0. The molecule has 0 saturated heterocycles. The van der Waals surface area contributed by atoms with Gasteiger partial charge in [0.05, 0.1) is 4.91 Å². The maximum Gasteiger partial charge on any atom is 0.237 e. The van der Waals surface area contributed by atoms with Crippen molar-refractivity contribution in [3.8, 4) is 0 Å². The van der Waals surface area contributed by atoms with Crippen LogP contribution in [-0.2, 0) is 9.84 Å². The van der Waals surface area contributed by atoms with Crippen LogP contribution in [0.4, 0.5) is 0 Å². The molecule has 0 aromatic heterocycles. The summed E-state index contributed by atoms with van der Waals surface area (Å²) in [6.45, 7) is 1.54. The number of amidine groups is 1. The molecule has 1 aliphatic rings. The average Bonchev–Trinajstić information content (AvgIpc) is 2.08. The van der Waals surface area contributed by atoms with E-state index in [1.165, 1.54) is 18.0 Å². The van der Waals surface area contributed by atoms with Gasteiger partial charge >= 0.3 is 0 Å². The van der Waals surface area contributed by atoms with E-state index in [2.05, 4.69) is 4.99 Å². The van der Waals surface area contributed by atoms with Gasteiger partial charge in [-0.25, -0.2) is 13.4 Å². The number of allylic oxidation sites excluding steroid dienone is 1. The summed E-state index contributed by atoms with van der Waals surface area (Å²) in [7, 11) is 0.0831. The molecule has 0 radical (unpaired) electrons. The Bertz CT molecular complexity index is 324. The van der Waals surface area contributed by atoms with Crippen molar-refractivity contribution in [2.45, 2.75) is 6.92 Å². The third-order valence-corrected chi connectivity index (χ3v) is 3.31. The summed E-state index contributed by atoms with van der Waals surface area (Å²) >= 11 is 0. The number of sulfone groups is 1. The number of hydrogen-bond acceptors (Lipinski definition) is 4. The van der Waals surface area contributed by atoms with Gasteiger partial charge in [-0.2, -0.15) is 0 Å². The van der Waals surface area contributed by atoms with Crippen LogP contribution in [0.1, 0.15) is 6.92 Å². The zero-order valence-electron chi connectivity index (χ0n) is 6.70. The summed E-state index contributed by atoms with van der Waals surface area (Å²) in [5.74, 6) is 0. The van der Waals surface area contributed by atoms with Crippen molar-refractivity contribution in [3.63, 3.8) is 0 Å². The van der Waals surface area contributed by atoms with Crippen LogP contribution in [0.3, 0.4) is 0 Å². The topological polar surface area (TPSA) is 49.7 Å². The zero-order chi connectivity index (χ0) is 8.65. The molecule has 11 heavy (non-hydrogen) atoms. The van der Waals surface area contributed by atoms with Gasteiger partial charge in [-0.15, -0.1) is 0 Å². The molecule has 0 aromatic carbocycles. The number of aliphatic imine (C=N–C) groups is 1. The lowest BCUT2D eigenvalue weighted by Crippen LogP contribution is -2.28. The van der Waals surface area contributed by atoms with Crippen LogP contribution in [0.15, 0.2) is 16.1 Å². The predicted octanol–water partition coefficient (Wildman–Crippen LogP) is 0.194. The maximum absolute atomic E-state index is 11.3. The highest BCUT2D eigenvalue weighted by Gasteiger charge is 2.27. The quantitative estimate of drug-likeness (QED) is 0.527. The maximum atomic E-state index is 11.3. The molecule has 0 aliphatic carbocycles. The zero-order valence-corrected chi connectivity index (χ0v) is 7.51. The highest BCUT2D eigenvalue weighted by atomic mass is 32.2. The van der Waals surface area contributed by atoms with Gasteiger partial charge in [-0.3, -0.25) is 0 Å². The van der Waals surface area contributed by atoms with E-state index in [9.17, 15) is 8.42 Å². The van der Waals surface area contributed by atoms with Crippen molar-refractivity contribution in [1.29, 1.82) is 0 Å². The molecule has 0 fully saturated rings. The van der Waals surface area contributed by atoms with Crippen LogP contribution in [0.2, 0.25) is 0 Å². The van der Waals surface area contributed by atoms with Crippen molar-refractivity contribution < 1.29 is 8.42 Å². The van der Waals surface area contributed by atoms with Crippen molar-refractivity contribution in [1.82, 2.24) is 4.90 Å². The van der Waals surface area contributed by atoms with Crippen molar-refractivity contribution in [2.75, 3.05) is 14.1 Å². The van der Waals surface area contributed by atoms with Crippen molar-refractivity contribution in [2.24, 2.45) is 4.99 Å². The minimum atomic E-state index is -3.23. The Morgan fingerprint density at radius 2 is 2.00 bits per heavy atom. The predicted molar refractivity (Wildman–Crippen MR) is 43.8 cm³/mol. The Hall–Kier alpha value is -0.840. The van der Waals surface area contributed by atoms with E-state index in [1.54, 1.807) is 14.1 Å². The normalized spacial score (nSPS) is 21.0. The minimum absolute atomic E-state index is 0.120. The first-order valence-electron chi connectivity index (χ1n) is 3.13. The van der Waals surface area contributed by atoms with Gasteiger partial charge in [0.1, 0.15) is 0 Å². The van der Waals surface area contributed by atoms with E-state index in [0.29, 0.717) is 4.91 Å². The second-order valence-corrected chi connectivity index (χ2v) is 4.57. The molecule has 1 aliphatic heterocycles. The van der Waals surface area contributed by atoms with Crippen LogP contribution >= 0.6 is 0 Å². The summed E-state index contributed by atoms with van der Waals surface area (Å²) in [5.41, 5.74) is 0. The van der Waals surface area contributed by atoms with Crippen LogP contribution in [-0.4, -0.2) is 32.6 Å². The second-order valence-electron chi connectivity index (χ2n) is 2.55. The molecule has 1 rings (SSSR count). The lowest BCUT2D eigenvalue weighted by molar-refractivity contribution is 0.593. The fourth-order valence-corrected chi connectivity index (χ4v) is 1.94. The molecular formula is C6H10N2O2S. The lowest BCUT2D eigenvalue weighted by Gasteiger charge is -2.10. The Balaban J connectivity index is 3.13. The highest BCUT2D eigenvalue weighted by molar-refractivity contribution is 8.09. The fourth-order valence-electron chi connectivity index (χ4n) is 0.785. The van der Waals surface area contributed by atoms with Crippen LogP contribution in [0, 0.1) is 0 Å². The Kier molecular flexibility index (Phi) is 1.75. The van der Waals surface area contributed by atoms with Gasteiger partial charge in [0.25, 0.3) is 0 Å². The van der Waals surface area contributed by atoms with Gasteiger partial charge in [-0.05, 0) is 6.92 Å². The monoisotopic (exact) mass is 174 g/mol. The molecule has 0 aromatic rings. The molecule has 0 saturated carbocycles. The third-order valence-electron chi connectivity index (χ3n) is 1.40. The SMILES string of the molecule is CC1=CN=C(N(C)C)S1(=O)=O. The number of nitrogens with zero attached hydrogens (tertiary/aromatic N) is 2. The first-order chi connectivity index (χ1) is 4.96. The highest BCUT2D eigenvalue weighted by Crippen LogP contribution is 2.16. The Morgan fingerprint density at radius 3 is 2.18 bits per heavy atom. The molecule has 62 valence electrons. The largest absolute Gasteiger partial charge is 0.353 e. The molecule has 0 spiro atoms. The second kappa shape index (κ2) is 2.34. The van der Waals surface area contributed by atoms with E-state index in [0.717, 1.165) is 0 Å². The van der Waals surface area contributed by atoms with Crippen LogP contribution < -0.4 is 0 Å². The minimum Gasteiger partial charge on any atom is -0.353 e. The van der Waals surface area contributed by atoms with Gasteiger partial charge < -0.3 is 4.90 Å². The number of rotatable bonds is 0. The average molecular weight is 174 g/mol. The van der Waals surface area contributed by atoms with E-state index in [-0.39, 0.29) is 5.17 Å². The van der Waals surface area contributed by atoms with Crippen molar-refractivity contribution >= 4 is 15.0 Å². The molecular weight excluding hydrogens is 164 g/mol. The number of hydrogen-bond donors (Lipinski definition) is 0. The first-order valence-corrected chi connectivity index (χ1v) is 4.61. The van der Waals surface area contributed by atoms with Gasteiger partial charge in [0, 0.05) is 20.3 Å². The smallest absolute Gasteiger partial charge is 0.237 e. The molecule has 0 unspecified atom stereocenters. The molecule has 5 heteroatoms. The first kappa shape index (κ1) is 8.26. The van der Waals surface area contributed by atoms with E-state index in [4.69, 9.17) is 0 Å². The molecule has 4 nitrogen and oxygen atoms in total. The van der Waals surface area contributed by atoms with E-state index < -0.39 is 9.84 Å². The third kappa shape index (κ3) is 1.16. The standard InChI is InChI=1S/C6H10N2O2S/c1-5-4-7-6(8(2)3)11(5,9)10/h4H,1-3H3. The fraction of sp³-hybridized carbons (Fsp3) is 0.500. The Morgan fingerprint density at radius 1 is 1.45 bits per heavy atom. The molecule has 0 bridgehead atoms. The molecule has 0 N–H and O–H groups in total. The molecule has 0 atom stereocenters. The van der Waals surface area contributed by atoms with Gasteiger partial charge in [0.15, 0.2) is 0 Å². The van der Waals surface area contributed by atoms with E-state index >= 15 is 0 Å². The molecule has 1 heterocycles. The van der Waals surface area contributed by atoms with Gasteiger partial charge in [0.2, 0.25) is 15.0 Å². The Labute approximate surface area is 66.1 Å². The summed E-state index contributed by atoms with van der Waals surface area (Å²) < 4.78 is 22.6. The van der Waals surface area contributed by atoms with Crippen molar-refractivity contribution in [3.05, 3.63) is 11.1 Å². The van der Waals surface area contributed by atoms with Gasteiger partial charge in [-0.1, -0.05) is 0 Å². The van der Waals surface area contributed by atoms with E-state index in [1.807, 2.05) is 0 Å². The summed E-state index contributed by atoms with van der Waals surface area (Å²) in [4.78, 5) is 5.56. The summed E-state index contributed by atoms with van der Waals surface area (Å²) in [5, 5.41) is 0.120. The summed E-state index contributed by atoms with van der Waals surface area (Å²) in [6.07, 6.45) is 1.37. The molecule has 0 amide bonds. The van der Waals surface area contributed by atoms with Crippen LogP contribution in [0.5, 0.6) is 0 Å².